The van der Waals surface area contributed by atoms with Gasteiger partial charge in [0.15, 0.2) is 0 Å². The van der Waals surface area contributed by atoms with Gasteiger partial charge in [-0.25, -0.2) is 0 Å². The molecule has 1 aromatic carbocycles. The highest BCUT2D eigenvalue weighted by molar-refractivity contribution is 5.60. The average Bonchev–Trinajstić information content (AvgIpc) is 3.23. The van der Waals surface area contributed by atoms with Gasteiger partial charge in [0.2, 0.25) is 0 Å². The number of hydrogen-bond donors (Lipinski definition) is 0. The summed E-state index contributed by atoms with van der Waals surface area (Å²) in [6.45, 7) is 3.78. The Hall–Kier alpha value is -1.53. The SMILES string of the molecule is COCCN(c1ccccc1C#N)C(C)C1CC1. The van der Waals surface area contributed by atoms with Crippen molar-refractivity contribution in [2.75, 3.05) is 25.2 Å². The van der Waals surface area contributed by atoms with Gasteiger partial charge in [0, 0.05) is 19.7 Å². The van der Waals surface area contributed by atoms with Crippen molar-refractivity contribution in [2.24, 2.45) is 5.92 Å². The van der Waals surface area contributed by atoms with Crippen molar-refractivity contribution in [2.45, 2.75) is 25.8 Å². The topological polar surface area (TPSA) is 36.3 Å². The van der Waals surface area contributed by atoms with Crippen molar-refractivity contribution in [3.63, 3.8) is 0 Å². The highest BCUT2D eigenvalue weighted by Gasteiger charge is 2.32. The van der Waals surface area contributed by atoms with E-state index < -0.39 is 0 Å². The molecule has 0 amide bonds. The number of benzene rings is 1. The van der Waals surface area contributed by atoms with Gasteiger partial charge in [-0.3, -0.25) is 0 Å². The molecule has 96 valence electrons. The van der Waals surface area contributed by atoms with Crippen LogP contribution in [0, 0.1) is 17.2 Å². The molecule has 0 saturated heterocycles. The van der Waals surface area contributed by atoms with Gasteiger partial charge in [-0.1, -0.05) is 12.1 Å². The van der Waals surface area contributed by atoms with E-state index in [-0.39, 0.29) is 0 Å². The van der Waals surface area contributed by atoms with Crippen LogP contribution in [-0.4, -0.2) is 26.3 Å². The first-order valence-corrected chi connectivity index (χ1v) is 6.52. The Balaban J connectivity index is 2.23. The largest absolute Gasteiger partial charge is 0.383 e. The van der Waals surface area contributed by atoms with Gasteiger partial charge < -0.3 is 9.64 Å². The first-order chi connectivity index (χ1) is 8.77. The molecule has 1 atom stereocenters. The summed E-state index contributed by atoms with van der Waals surface area (Å²) in [5, 5.41) is 9.22. The fraction of sp³-hybridized carbons (Fsp3) is 0.533. The summed E-state index contributed by atoms with van der Waals surface area (Å²) in [5.41, 5.74) is 1.79. The second-order valence-corrected chi connectivity index (χ2v) is 4.89. The Morgan fingerprint density at radius 3 is 2.78 bits per heavy atom. The van der Waals surface area contributed by atoms with Gasteiger partial charge in [-0.2, -0.15) is 5.26 Å². The van der Waals surface area contributed by atoms with Crippen LogP contribution in [0.3, 0.4) is 0 Å². The molecule has 1 aliphatic carbocycles. The highest BCUT2D eigenvalue weighted by atomic mass is 16.5. The van der Waals surface area contributed by atoms with Crippen molar-refractivity contribution in [3.8, 4) is 6.07 Å². The highest BCUT2D eigenvalue weighted by Crippen LogP contribution is 2.37. The van der Waals surface area contributed by atoms with Crippen molar-refractivity contribution in [1.29, 1.82) is 5.26 Å². The minimum absolute atomic E-state index is 0.481. The van der Waals surface area contributed by atoms with Gasteiger partial charge in [-0.15, -0.1) is 0 Å². The number of methoxy groups -OCH3 is 1. The Morgan fingerprint density at radius 1 is 1.44 bits per heavy atom. The van der Waals surface area contributed by atoms with Crippen LogP contribution in [0.15, 0.2) is 24.3 Å². The zero-order valence-corrected chi connectivity index (χ0v) is 11.1. The molecule has 3 heteroatoms. The lowest BCUT2D eigenvalue weighted by molar-refractivity contribution is 0.202. The smallest absolute Gasteiger partial charge is 0.101 e. The van der Waals surface area contributed by atoms with Gasteiger partial charge in [-0.05, 0) is 37.8 Å². The number of nitriles is 1. The van der Waals surface area contributed by atoms with Gasteiger partial charge >= 0.3 is 0 Å². The molecule has 1 unspecified atom stereocenters. The number of rotatable bonds is 6. The Labute approximate surface area is 109 Å². The van der Waals surface area contributed by atoms with Gasteiger partial charge in [0.05, 0.1) is 17.9 Å². The maximum atomic E-state index is 9.22. The summed E-state index contributed by atoms with van der Waals surface area (Å²) >= 11 is 0. The standard InChI is InChI=1S/C15H20N2O/c1-12(13-7-8-13)17(9-10-18-2)15-6-4-3-5-14(15)11-16/h3-6,12-13H,7-10H2,1-2H3. The quantitative estimate of drug-likeness (QED) is 0.772. The fourth-order valence-corrected chi connectivity index (χ4v) is 2.38. The normalized spacial score (nSPS) is 16.1. The predicted molar refractivity (Wildman–Crippen MR) is 72.6 cm³/mol. The molecular formula is C15H20N2O. The summed E-state index contributed by atoms with van der Waals surface area (Å²) < 4.78 is 5.19. The summed E-state index contributed by atoms with van der Waals surface area (Å²) in [7, 11) is 1.72. The van der Waals surface area contributed by atoms with E-state index in [1.165, 1.54) is 12.8 Å². The van der Waals surface area contributed by atoms with Crippen LogP contribution in [0.5, 0.6) is 0 Å². The molecular weight excluding hydrogens is 224 g/mol. The second-order valence-electron chi connectivity index (χ2n) is 4.89. The van der Waals surface area contributed by atoms with E-state index in [1.807, 2.05) is 24.3 Å². The molecule has 3 nitrogen and oxygen atoms in total. The zero-order valence-electron chi connectivity index (χ0n) is 11.1. The van der Waals surface area contributed by atoms with E-state index in [0.29, 0.717) is 12.6 Å². The molecule has 18 heavy (non-hydrogen) atoms. The first kappa shape index (κ1) is 12.9. The zero-order chi connectivity index (χ0) is 13.0. The third-order valence-electron chi connectivity index (χ3n) is 3.67. The van der Waals surface area contributed by atoms with Gasteiger partial charge in [0.1, 0.15) is 6.07 Å². The number of hydrogen-bond acceptors (Lipinski definition) is 3. The maximum Gasteiger partial charge on any atom is 0.101 e. The summed E-state index contributed by atoms with van der Waals surface area (Å²) in [5.74, 6) is 0.772. The molecule has 0 spiro atoms. The lowest BCUT2D eigenvalue weighted by Gasteiger charge is -2.32. The molecule has 0 N–H and O–H groups in total. The first-order valence-electron chi connectivity index (χ1n) is 6.52. The summed E-state index contributed by atoms with van der Waals surface area (Å²) in [6, 6.07) is 10.6. The van der Waals surface area contributed by atoms with E-state index in [4.69, 9.17) is 4.74 Å². The van der Waals surface area contributed by atoms with Crippen molar-refractivity contribution in [3.05, 3.63) is 29.8 Å². The minimum Gasteiger partial charge on any atom is -0.383 e. The maximum absolute atomic E-state index is 9.22. The van der Waals surface area contributed by atoms with Crippen molar-refractivity contribution < 1.29 is 4.74 Å². The number of ether oxygens (including phenoxy) is 1. The lowest BCUT2D eigenvalue weighted by Crippen LogP contribution is -2.37. The van der Waals surface area contributed by atoms with Crippen molar-refractivity contribution >= 4 is 5.69 Å². The third-order valence-corrected chi connectivity index (χ3v) is 3.67. The number of anilines is 1. The Bertz CT molecular complexity index is 434. The lowest BCUT2D eigenvalue weighted by atomic mass is 10.1. The molecule has 1 fully saturated rings. The monoisotopic (exact) mass is 244 g/mol. The number of para-hydroxylation sites is 1. The molecule has 0 bridgehead atoms. The van der Waals surface area contributed by atoms with Crippen LogP contribution in [0.2, 0.25) is 0 Å². The average molecular weight is 244 g/mol. The Morgan fingerprint density at radius 2 is 2.17 bits per heavy atom. The van der Waals surface area contributed by atoms with Crippen LogP contribution >= 0.6 is 0 Å². The van der Waals surface area contributed by atoms with Crippen LogP contribution in [0.25, 0.3) is 0 Å². The molecule has 1 aliphatic rings. The molecule has 1 aromatic rings. The second kappa shape index (κ2) is 5.88. The Kier molecular flexibility index (Phi) is 4.22. The van der Waals surface area contributed by atoms with E-state index >= 15 is 0 Å². The third kappa shape index (κ3) is 2.83. The summed E-state index contributed by atoms with van der Waals surface area (Å²) in [4.78, 5) is 2.32. The van der Waals surface area contributed by atoms with Crippen LogP contribution < -0.4 is 4.90 Å². The molecule has 1 saturated carbocycles. The predicted octanol–water partition coefficient (Wildman–Crippen LogP) is 2.81. The van der Waals surface area contributed by atoms with Crippen LogP contribution in [0.4, 0.5) is 5.69 Å². The molecule has 0 radical (unpaired) electrons. The minimum atomic E-state index is 0.481. The van der Waals surface area contributed by atoms with Crippen LogP contribution in [-0.2, 0) is 4.74 Å². The molecule has 0 aromatic heterocycles. The van der Waals surface area contributed by atoms with Crippen molar-refractivity contribution in [1.82, 2.24) is 0 Å². The van der Waals surface area contributed by atoms with E-state index in [0.717, 1.165) is 23.7 Å². The fourth-order valence-electron chi connectivity index (χ4n) is 2.38. The van der Waals surface area contributed by atoms with E-state index in [1.54, 1.807) is 7.11 Å². The van der Waals surface area contributed by atoms with E-state index in [2.05, 4.69) is 17.9 Å². The van der Waals surface area contributed by atoms with Gasteiger partial charge in [0.25, 0.3) is 0 Å². The molecule has 0 heterocycles. The molecule has 2 rings (SSSR count). The summed E-state index contributed by atoms with van der Waals surface area (Å²) in [6.07, 6.45) is 2.61. The van der Waals surface area contributed by atoms with Crippen LogP contribution in [0.1, 0.15) is 25.3 Å². The molecule has 0 aliphatic heterocycles. The number of nitrogens with zero attached hydrogens (tertiary/aromatic N) is 2. The van der Waals surface area contributed by atoms with E-state index in [9.17, 15) is 5.26 Å².